The van der Waals surface area contributed by atoms with Crippen molar-refractivity contribution in [3.8, 4) is 5.69 Å². The van der Waals surface area contributed by atoms with Gasteiger partial charge in [-0.3, -0.25) is 9.36 Å². The second-order valence-electron chi connectivity index (χ2n) is 5.92. The Morgan fingerprint density at radius 3 is 2.69 bits per heavy atom. The van der Waals surface area contributed by atoms with E-state index in [1.807, 2.05) is 13.8 Å². The van der Waals surface area contributed by atoms with Crippen molar-refractivity contribution >= 4 is 22.7 Å². The number of thioether (sulfide) groups is 1. The van der Waals surface area contributed by atoms with Gasteiger partial charge in [-0.2, -0.15) is 0 Å². The van der Waals surface area contributed by atoms with Crippen molar-refractivity contribution in [1.29, 1.82) is 0 Å². The van der Waals surface area contributed by atoms with Gasteiger partial charge in [0.1, 0.15) is 11.6 Å². The SMILES string of the molecule is CC(C)OCCSc1nc2ccccc2c(=O)n1-c1ccc(F)cc1F. The molecule has 0 amide bonds. The van der Waals surface area contributed by atoms with Crippen LogP contribution >= 0.6 is 11.8 Å². The molecule has 0 saturated carbocycles. The molecule has 0 fully saturated rings. The van der Waals surface area contributed by atoms with E-state index >= 15 is 0 Å². The highest BCUT2D eigenvalue weighted by atomic mass is 32.2. The molecular weight excluding hydrogens is 358 g/mol. The molecule has 3 aromatic rings. The summed E-state index contributed by atoms with van der Waals surface area (Å²) in [6.07, 6.45) is 0.0944. The molecule has 0 saturated heterocycles. The summed E-state index contributed by atoms with van der Waals surface area (Å²) in [5.74, 6) is -0.969. The van der Waals surface area contributed by atoms with E-state index in [1.54, 1.807) is 24.3 Å². The fourth-order valence-electron chi connectivity index (χ4n) is 2.50. The third-order valence-electron chi connectivity index (χ3n) is 3.66. The molecule has 0 atom stereocenters. The summed E-state index contributed by atoms with van der Waals surface area (Å²) in [5, 5.41) is 0.713. The van der Waals surface area contributed by atoms with Crippen LogP contribution in [0.3, 0.4) is 0 Å². The standard InChI is InChI=1S/C19H18F2N2O2S/c1-12(2)25-9-10-26-19-22-16-6-4-3-5-14(16)18(24)23(19)17-8-7-13(20)11-15(17)21/h3-8,11-12H,9-10H2,1-2H3. The number of para-hydroxylation sites is 1. The lowest BCUT2D eigenvalue weighted by atomic mass is 10.2. The fraction of sp³-hybridized carbons (Fsp3) is 0.263. The number of fused-ring (bicyclic) bond motifs is 1. The highest BCUT2D eigenvalue weighted by Gasteiger charge is 2.16. The Hall–Kier alpha value is -2.25. The molecule has 0 aliphatic heterocycles. The van der Waals surface area contributed by atoms with Crippen LogP contribution in [0.1, 0.15) is 13.8 Å². The summed E-state index contributed by atoms with van der Waals surface area (Å²) in [6.45, 7) is 4.34. The van der Waals surface area contributed by atoms with Crippen LogP contribution < -0.4 is 5.56 Å². The lowest BCUT2D eigenvalue weighted by molar-refractivity contribution is 0.0920. The van der Waals surface area contributed by atoms with E-state index in [0.717, 1.165) is 12.1 Å². The molecule has 0 aliphatic carbocycles. The topological polar surface area (TPSA) is 44.1 Å². The highest BCUT2D eigenvalue weighted by Crippen LogP contribution is 2.23. The number of benzene rings is 2. The first-order valence-electron chi connectivity index (χ1n) is 8.19. The predicted octanol–water partition coefficient (Wildman–Crippen LogP) is 4.18. The maximum absolute atomic E-state index is 14.3. The van der Waals surface area contributed by atoms with Crippen molar-refractivity contribution in [2.45, 2.75) is 25.1 Å². The third kappa shape index (κ3) is 3.94. The van der Waals surface area contributed by atoms with E-state index in [-0.39, 0.29) is 11.8 Å². The number of hydrogen-bond acceptors (Lipinski definition) is 4. The molecule has 4 nitrogen and oxygen atoms in total. The minimum absolute atomic E-state index is 0.0260. The number of aromatic nitrogens is 2. The number of hydrogen-bond donors (Lipinski definition) is 0. The van der Waals surface area contributed by atoms with E-state index < -0.39 is 17.2 Å². The lowest BCUT2D eigenvalue weighted by Gasteiger charge is -2.14. The normalized spacial score (nSPS) is 11.4. The maximum Gasteiger partial charge on any atom is 0.266 e. The molecule has 26 heavy (non-hydrogen) atoms. The van der Waals surface area contributed by atoms with E-state index in [2.05, 4.69) is 4.98 Å². The summed E-state index contributed by atoms with van der Waals surface area (Å²) in [4.78, 5) is 17.4. The fourth-order valence-corrected chi connectivity index (χ4v) is 3.34. The average Bonchev–Trinajstić information content (AvgIpc) is 2.60. The van der Waals surface area contributed by atoms with Crippen molar-refractivity contribution < 1.29 is 13.5 Å². The van der Waals surface area contributed by atoms with Crippen LogP contribution in [0.2, 0.25) is 0 Å². The van der Waals surface area contributed by atoms with Gasteiger partial charge < -0.3 is 4.74 Å². The monoisotopic (exact) mass is 376 g/mol. The molecule has 7 heteroatoms. The van der Waals surface area contributed by atoms with Crippen LogP contribution in [0, 0.1) is 11.6 Å². The molecule has 1 heterocycles. The zero-order valence-corrected chi connectivity index (χ0v) is 15.2. The predicted molar refractivity (Wildman–Crippen MR) is 99.1 cm³/mol. The van der Waals surface area contributed by atoms with Gasteiger partial charge in [0, 0.05) is 11.8 Å². The van der Waals surface area contributed by atoms with Crippen molar-refractivity contribution in [1.82, 2.24) is 9.55 Å². The van der Waals surface area contributed by atoms with E-state index in [4.69, 9.17) is 4.74 Å². The van der Waals surface area contributed by atoms with Crippen molar-refractivity contribution in [2.24, 2.45) is 0 Å². The summed E-state index contributed by atoms with van der Waals surface area (Å²) in [6, 6.07) is 10.0. The quantitative estimate of drug-likeness (QED) is 0.368. The summed E-state index contributed by atoms with van der Waals surface area (Å²) >= 11 is 1.29. The van der Waals surface area contributed by atoms with Gasteiger partial charge in [0.2, 0.25) is 0 Å². The Morgan fingerprint density at radius 1 is 1.19 bits per heavy atom. The molecule has 1 aromatic heterocycles. The maximum atomic E-state index is 14.3. The average molecular weight is 376 g/mol. The van der Waals surface area contributed by atoms with E-state index in [1.165, 1.54) is 22.4 Å². The summed E-state index contributed by atoms with van der Waals surface area (Å²) in [7, 11) is 0. The van der Waals surface area contributed by atoms with Gasteiger partial charge in [0.15, 0.2) is 5.16 Å². The molecule has 136 valence electrons. The van der Waals surface area contributed by atoms with Crippen LogP contribution in [-0.2, 0) is 4.74 Å². The molecule has 2 aromatic carbocycles. The van der Waals surface area contributed by atoms with Crippen LogP contribution in [0.4, 0.5) is 8.78 Å². The summed E-state index contributed by atoms with van der Waals surface area (Å²) < 4.78 is 34.3. The second-order valence-corrected chi connectivity index (χ2v) is 6.98. The van der Waals surface area contributed by atoms with E-state index in [9.17, 15) is 13.6 Å². The van der Waals surface area contributed by atoms with Gasteiger partial charge in [0.25, 0.3) is 5.56 Å². The molecular formula is C19H18F2N2O2S. The van der Waals surface area contributed by atoms with Gasteiger partial charge in [-0.25, -0.2) is 13.8 Å². The van der Waals surface area contributed by atoms with Gasteiger partial charge >= 0.3 is 0 Å². The zero-order valence-electron chi connectivity index (χ0n) is 14.4. The number of rotatable bonds is 6. The first-order valence-corrected chi connectivity index (χ1v) is 9.17. The molecule has 0 aliphatic rings. The minimum Gasteiger partial charge on any atom is -0.378 e. The van der Waals surface area contributed by atoms with Crippen LogP contribution in [-0.4, -0.2) is 28.0 Å². The first kappa shape index (κ1) is 18.5. The molecule has 0 spiro atoms. The minimum atomic E-state index is -0.815. The van der Waals surface area contributed by atoms with Crippen LogP contribution in [0.25, 0.3) is 16.6 Å². The Morgan fingerprint density at radius 2 is 1.96 bits per heavy atom. The van der Waals surface area contributed by atoms with Crippen molar-refractivity contribution in [3.05, 3.63) is 64.5 Å². The molecule has 0 bridgehead atoms. The molecule has 0 radical (unpaired) electrons. The Bertz CT molecular complexity index is 989. The van der Waals surface area contributed by atoms with Crippen molar-refractivity contribution in [2.75, 3.05) is 12.4 Å². The van der Waals surface area contributed by atoms with Gasteiger partial charge in [0.05, 0.1) is 29.3 Å². The Labute approximate surface area is 153 Å². The zero-order chi connectivity index (χ0) is 18.7. The number of nitrogens with zero attached hydrogens (tertiary/aromatic N) is 2. The molecule has 0 unspecified atom stereocenters. The Balaban J connectivity index is 2.10. The first-order chi connectivity index (χ1) is 12.5. The Kier molecular flexibility index (Phi) is 5.68. The van der Waals surface area contributed by atoms with Crippen LogP contribution in [0.15, 0.2) is 52.4 Å². The van der Waals surface area contributed by atoms with Gasteiger partial charge in [-0.1, -0.05) is 23.9 Å². The molecule has 0 N–H and O–H groups in total. The lowest BCUT2D eigenvalue weighted by Crippen LogP contribution is -2.23. The van der Waals surface area contributed by atoms with E-state index in [0.29, 0.717) is 28.4 Å². The van der Waals surface area contributed by atoms with Gasteiger partial charge in [-0.15, -0.1) is 0 Å². The third-order valence-corrected chi connectivity index (χ3v) is 4.56. The molecule has 3 rings (SSSR count). The highest BCUT2D eigenvalue weighted by molar-refractivity contribution is 7.99. The number of ether oxygens (including phenoxy) is 1. The van der Waals surface area contributed by atoms with Crippen molar-refractivity contribution in [3.63, 3.8) is 0 Å². The summed E-state index contributed by atoms with van der Waals surface area (Å²) in [5.41, 5.74) is 0.110. The van der Waals surface area contributed by atoms with Crippen LogP contribution in [0.5, 0.6) is 0 Å². The van der Waals surface area contributed by atoms with Gasteiger partial charge in [-0.05, 0) is 38.1 Å². The smallest absolute Gasteiger partial charge is 0.266 e. The number of halogens is 2. The largest absolute Gasteiger partial charge is 0.378 e. The second kappa shape index (κ2) is 7.97.